The summed E-state index contributed by atoms with van der Waals surface area (Å²) >= 11 is 0. The molecular weight excluding hydrogens is 114 g/mol. The molecule has 0 radical (unpaired) electrons. The van der Waals surface area contributed by atoms with Gasteiger partial charge in [0.15, 0.2) is 0 Å². The minimum absolute atomic E-state index is 0.340. The molecule has 0 amide bonds. The third-order valence-electron chi connectivity index (χ3n) is 1.18. The van der Waals surface area contributed by atoms with Gasteiger partial charge in [-0.1, -0.05) is 13.8 Å². The van der Waals surface area contributed by atoms with Crippen LogP contribution in [0, 0.1) is 0 Å². The minimum Gasteiger partial charge on any atom is -0.307 e. The first-order chi connectivity index (χ1) is 4.29. The zero-order chi connectivity index (χ0) is 7.28. The number of rotatable bonds is 0. The predicted octanol–water partition coefficient (Wildman–Crippen LogP) is 0.964. The molecule has 0 aliphatic carbocycles. The fourth-order valence-corrected chi connectivity index (χ4v) is 0.774. The average molecular weight is 129 g/mol. The van der Waals surface area contributed by atoms with Crippen LogP contribution in [0.15, 0.2) is 0 Å². The predicted molar refractivity (Wildman–Crippen MR) is 38.4 cm³/mol. The minimum atomic E-state index is 0.340. The molecule has 0 spiro atoms. The molecule has 1 heterocycles. The van der Waals surface area contributed by atoms with E-state index < -0.39 is 0 Å². The van der Waals surface area contributed by atoms with Crippen molar-refractivity contribution in [3.63, 3.8) is 0 Å². The first-order valence-corrected chi connectivity index (χ1v) is 3.54. The molecule has 54 valence electrons. The fraction of sp³-hybridized carbons (Fsp3) is 0.857. The van der Waals surface area contributed by atoms with Gasteiger partial charge in [-0.15, -0.1) is 0 Å². The summed E-state index contributed by atoms with van der Waals surface area (Å²) in [4.78, 5) is 10.4. The van der Waals surface area contributed by atoms with Crippen molar-refractivity contribution in [3.05, 3.63) is 0 Å². The Labute approximate surface area is 56.6 Å². The zero-order valence-electron chi connectivity index (χ0n) is 6.40. The number of nitrogens with one attached hydrogen (secondary N) is 1. The number of carbonyl (C=O) groups excluding carboxylic acids is 1. The van der Waals surface area contributed by atoms with Crippen LogP contribution in [0.3, 0.4) is 0 Å². The molecule has 2 heteroatoms. The number of carbonyl (C=O) groups is 1. The van der Waals surface area contributed by atoms with Gasteiger partial charge >= 0.3 is 0 Å². The van der Waals surface area contributed by atoms with Crippen molar-refractivity contribution < 1.29 is 4.79 Å². The maximum Gasteiger partial charge on any atom is 0.148 e. The van der Waals surface area contributed by atoms with Crippen molar-refractivity contribution in [1.29, 1.82) is 0 Å². The highest BCUT2D eigenvalue weighted by molar-refractivity contribution is 5.83. The standard InChI is InChI=1S/C5H9NO.C2H6/c1-4-2-5(7)3-6-4;1-2/h4,6H,2-3H2,1H3;1-2H3/t4-;/m0./s1. The summed E-state index contributed by atoms with van der Waals surface area (Å²) in [6.07, 6.45) is 0.722. The van der Waals surface area contributed by atoms with E-state index in [2.05, 4.69) is 5.32 Å². The van der Waals surface area contributed by atoms with Crippen LogP contribution in [0.2, 0.25) is 0 Å². The number of ketones is 1. The lowest BCUT2D eigenvalue weighted by atomic mass is 10.2. The molecule has 1 atom stereocenters. The zero-order valence-corrected chi connectivity index (χ0v) is 6.40. The SMILES string of the molecule is CC.C[C@H]1CC(=O)CN1. The van der Waals surface area contributed by atoms with Gasteiger partial charge in [0.1, 0.15) is 5.78 Å². The number of hydrogen-bond donors (Lipinski definition) is 1. The third kappa shape index (κ3) is 3.25. The molecule has 0 aromatic heterocycles. The first kappa shape index (κ1) is 8.63. The summed E-state index contributed by atoms with van der Waals surface area (Å²) < 4.78 is 0. The Balaban J connectivity index is 0.000000291. The highest BCUT2D eigenvalue weighted by Gasteiger charge is 2.15. The third-order valence-corrected chi connectivity index (χ3v) is 1.18. The molecule has 1 aliphatic heterocycles. The lowest BCUT2D eigenvalue weighted by Gasteiger charge is -1.93. The Kier molecular flexibility index (Phi) is 4.32. The van der Waals surface area contributed by atoms with Crippen molar-refractivity contribution in [2.75, 3.05) is 6.54 Å². The van der Waals surface area contributed by atoms with Gasteiger partial charge in [0.2, 0.25) is 0 Å². The van der Waals surface area contributed by atoms with Crippen molar-refractivity contribution in [2.24, 2.45) is 0 Å². The maximum absolute atomic E-state index is 10.4. The second-order valence-electron chi connectivity index (χ2n) is 2.02. The Morgan fingerprint density at radius 2 is 2.11 bits per heavy atom. The van der Waals surface area contributed by atoms with Crippen molar-refractivity contribution in [2.45, 2.75) is 33.2 Å². The molecule has 1 aliphatic rings. The van der Waals surface area contributed by atoms with Crippen LogP contribution in [0.5, 0.6) is 0 Å². The van der Waals surface area contributed by atoms with E-state index >= 15 is 0 Å². The largest absolute Gasteiger partial charge is 0.307 e. The maximum atomic E-state index is 10.4. The van der Waals surface area contributed by atoms with Crippen LogP contribution in [-0.2, 0) is 4.79 Å². The molecule has 1 rings (SSSR count). The van der Waals surface area contributed by atoms with Gasteiger partial charge in [-0.25, -0.2) is 0 Å². The second-order valence-corrected chi connectivity index (χ2v) is 2.02. The summed E-state index contributed by atoms with van der Waals surface area (Å²) in [5.74, 6) is 0.340. The topological polar surface area (TPSA) is 29.1 Å². The highest BCUT2D eigenvalue weighted by Crippen LogP contribution is 1.97. The van der Waals surface area contributed by atoms with E-state index in [-0.39, 0.29) is 0 Å². The van der Waals surface area contributed by atoms with Gasteiger partial charge < -0.3 is 5.32 Å². The summed E-state index contributed by atoms with van der Waals surface area (Å²) in [5.41, 5.74) is 0. The van der Waals surface area contributed by atoms with Crippen LogP contribution >= 0.6 is 0 Å². The molecule has 2 nitrogen and oxygen atoms in total. The van der Waals surface area contributed by atoms with E-state index in [1.807, 2.05) is 20.8 Å². The number of Topliss-reactive ketones (excluding diaryl/α,β-unsaturated/α-hetero) is 1. The van der Waals surface area contributed by atoms with Crippen LogP contribution < -0.4 is 5.32 Å². The van der Waals surface area contributed by atoms with Gasteiger partial charge in [-0.2, -0.15) is 0 Å². The van der Waals surface area contributed by atoms with Crippen molar-refractivity contribution in [3.8, 4) is 0 Å². The molecule has 0 saturated carbocycles. The van der Waals surface area contributed by atoms with Gasteiger partial charge in [0.05, 0.1) is 6.54 Å². The van der Waals surface area contributed by atoms with Crippen LogP contribution in [0.1, 0.15) is 27.2 Å². The van der Waals surface area contributed by atoms with Gasteiger partial charge in [-0.05, 0) is 6.92 Å². The van der Waals surface area contributed by atoms with E-state index in [0.717, 1.165) is 6.42 Å². The summed E-state index contributed by atoms with van der Waals surface area (Å²) in [6, 6.07) is 0.424. The van der Waals surface area contributed by atoms with Crippen LogP contribution in [0.4, 0.5) is 0 Å². The first-order valence-electron chi connectivity index (χ1n) is 3.54. The van der Waals surface area contributed by atoms with Crippen LogP contribution in [-0.4, -0.2) is 18.4 Å². The fourth-order valence-electron chi connectivity index (χ4n) is 0.774. The Morgan fingerprint density at radius 1 is 1.56 bits per heavy atom. The van der Waals surface area contributed by atoms with E-state index in [1.54, 1.807) is 0 Å². The monoisotopic (exact) mass is 129 g/mol. The molecule has 0 aromatic carbocycles. The molecule has 0 bridgehead atoms. The second kappa shape index (κ2) is 4.50. The lowest BCUT2D eigenvalue weighted by Crippen LogP contribution is -2.16. The Morgan fingerprint density at radius 3 is 2.22 bits per heavy atom. The van der Waals surface area contributed by atoms with Gasteiger partial charge in [-0.3, -0.25) is 4.79 Å². The van der Waals surface area contributed by atoms with E-state index in [4.69, 9.17) is 0 Å². The van der Waals surface area contributed by atoms with Crippen molar-refractivity contribution in [1.82, 2.24) is 5.32 Å². The molecule has 1 N–H and O–H groups in total. The quantitative estimate of drug-likeness (QED) is 0.528. The molecule has 0 aromatic rings. The Bertz CT molecular complexity index is 90.9. The summed E-state index contributed by atoms with van der Waals surface area (Å²) in [5, 5.41) is 3.02. The molecule has 0 unspecified atom stereocenters. The molecular formula is C7H15NO. The van der Waals surface area contributed by atoms with Gasteiger partial charge in [0, 0.05) is 12.5 Å². The number of hydrogen-bond acceptors (Lipinski definition) is 2. The molecule has 1 fully saturated rings. The smallest absolute Gasteiger partial charge is 0.148 e. The van der Waals surface area contributed by atoms with E-state index in [9.17, 15) is 4.79 Å². The Hall–Kier alpha value is -0.370. The average Bonchev–Trinajstić information content (AvgIpc) is 2.20. The van der Waals surface area contributed by atoms with Gasteiger partial charge in [0.25, 0.3) is 0 Å². The van der Waals surface area contributed by atoms with Crippen molar-refractivity contribution >= 4 is 5.78 Å². The normalized spacial score (nSPS) is 25.2. The summed E-state index contributed by atoms with van der Waals surface area (Å²) in [7, 11) is 0. The van der Waals surface area contributed by atoms with E-state index in [0.29, 0.717) is 18.4 Å². The molecule has 9 heavy (non-hydrogen) atoms. The highest BCUT2D eigenvalue weighted by atomic mass is 16.1. The summed E-state index contributed by atoms with van der Waals surface area (Å²) in [6.45, 7) is 6.60. The molecule has 1 saturated heterocycles. The van der Waals surface area contributed by atoms with E-state index in [1.165, 1.54) is 0 Å². The van der Waals surface area contributed by atoms with Crippen LogP contribution in [0.25, 0.3) is 0 Å². The lowest BCUT2D eigenvalue weighted by molar-refractivity contribution is -0.116.